The Kier molecular flexibility index (Phi) is 3.51. The highest BCUT2D eigenvalue weighted by Gasteiger charge is 2.17. The summed E-state index contributed by atoms with van der Waals surface area (Å²) in [5.74, 6) is -1.63. The van der Waals surface area contributed by atoms with Gasteiger partial charge in [0, 0.05) is 11.9 Å². The molecule has 0 saturated heterocycles. The van der Waals surface area contributed by atoms with E-state index in [2.05, 4.69) is 15.5 Å². The number of anilines is 1. The fourth-order valence-corrected chi connectivity index (χ4v) is 2.03. The Bertz CT molecular complexity index is 954. The van der Waals surface area contributed by atoms with Gasteiger partial charge in [0.25, 0.3) is 11.5 Å². The maximum absolute atomic E-state index is 12.1. The largest absolute Gasteiger partial charge is 0.494 e. The van der Waals surface area contributed by atoms with Gasteiger partial charge < -0.3 is 10.4 Å². The summed E-state index contributed by atoms with van der Waals surface area (Å²) in [4.78, 5) is 38.5. The van der Waals surface area contributed by atoms with Crippen LogP contribution in [0.3, 0.4) is 0 Å². The van der Waals surface area contributed by atoms with Gasteiger partial charge in [-0.1, -0.05) is 12.1 Å². The van der Waals surface area contributed by atoms with Crippen LogP contribution in [0, 0.1) is 0 Å². The molecule has 9 nitrogen and oxygen atoms in total. The monoisotopic (exact) mass is 313 g/mol. The molecule has 0 bridgehead atoms. The Balaban J connectivity index is 1.84. The number of carbonyl (C=O) groups excluding carboxylic acids is 1. The lowest BCUT2D eigenvalue weighted by Gasteiger charge is -2.06. The van der Waals surface area contributed by atoms with Crippen LogP contribution >= 0.6 is 0 Å². The van der Waals surface area contributed by atoms with Crippen LogP contribution in [-0.4, -0.2) is 31.2 Å². The lowest BCUT2D eigenvalue weighted by atomic mass is 10.1. The minimum atomic E-state index is -0.974. The van der Waals surface area contributed by atoms with Crippen molar-refractivity contribution in [1.82, 2.24) is 20.2 Å². The number of H-pyrrole nitrogens is 3. The zero-order chi connectivity index (χ0) is 16.4. The average molecular weight is 313 g/mol. The van der Waals surface area contributed by atoms with Crippen molar-refractivity contribution in [2.45, 2.75) is 0 Å². The number of nitrogens with zero attached hydrogens (tertiary/aromatic N) is 1. The van der Waals surface area contributed by atoms with Crippen LogP contribution in [0.4, 0.5) is 5.69 Å². The van der Waals surface area contributed by atoms with Gasteiger partial charge in [0.05, 0.1) is 5.69 Å². The van der Waals surface area contributed by atoms with Crippen LogP contribution < -0.4 is 16.6 Å². The second kappa shape index (κ2) is 5.64. The number of aromatic nitrogens is 4. The molecule has 2 aromatic heterocycles. The molecule has 2 heterocycles. The van der Waals surface area contributed by atoms with Crippen LogP contribution in [0.1, 0.15) is 10.4 Å². The molecule has 1 aromatic carbocycles. The first-order chi connectivity index (χ1) is 11.0. The number of amides is 1. The number of nitrogens with one attached hydrogen (secondary N) is 4. The molecule has 0 saturated carbocycles. The molecule has 0 aliphatic carbocycles. The third kappa shape index (κ3) is 2.88. The van der Waals surface area contributed by atoms with Gasteiger partial charge in [0.1, 0.15) is 0 Å². The minimum absolute atomic E-state index is 0.420. The van der Waals surface area contributed by atoms with Crippen LogP contribution in [0.15, 0.2) is 46.1 Å². The first kappa shape index (κ1) is 14.3. The molecule has 0 radical (unpaired) electrons. The summed E-state index contributed by atoms with van der Waals surface area (Å²) in [6.07, 6.45) is 1.62. The topological polar surface area (TPSA) is 144 Å². The number of aromatic amines is 3. The summed E-state index contributed by atoms with van der Waals surface area (Å²) >= 11 is 0. The van der Waals surface area contributed by atoms with E-state index >= 15 is 0 Å². The SMILES string of the molecule is O=C(Nc1ccc(-c2ccn[nH]2)cc1)c1c(O)[nH]c(=O)[nH]c1=O. The zero-order valence-electron chi connectivity index (χ0n) is 11.6. The summed E-state index contributed by atoms with van der Waals surface area (Å²) in [6, 6.07) is 8.56. The van der Waals surface area contributed by atoms with E-state index < -0.39 is 28.6 Å². The fraction of sp³-hybridized carbons (Fsp3) is 0. The Hall–Kier alpha value is -3.62. The van der Waals surface area contributed by atoms with Crippen molar-refractivity contribution in [3.8, 4) is 17.1 Å². The molecule has 0 aliphatic heterocycles. The van der Waals surface area contributed by atoms with Crippen molar-refractivity contribution in [1.29, 1.82) is 0 Å². The van der Waals surface area contributed by atoms with Crippen molar-refractivity contribution in [2.75, 3.05) is 5.32 Å². The molecule has 1 amide bonds. The number of hydrogen-bond donors (Lipinski definition) is 5. The van der Waals surface area contributed by atoms with Crippen molar-refractivity contribution in [2.24, 2.45) is 0 Å². The normalized spacial score (nSPS) is 10.4. The maximum atomic E-state index is 12.1. The van der Waals surface area contributed by atoms with E-state index in [4.69, 9.17) is 0 Å². The summed E-state index contributed by atoms with van der Waals surface area (Å²) in [7, 11) is 0. The van der Waals surface area contributed by atoms with Gasteiger partial charge in [-0.25, -0.2) is 4.79 Å². The van der Waals surface area contributed by atoms with Crippen molar-refractivity contribution < 1.29 is 9.90 Å². The van der Waals surface area contributed by atoms with E-state index in [-0.39, 0.29) is 0 Å². The highest BCUT2D eigenvalue weighted by molar-refractivity contribution is 6.05. The highest BCUT2D eigenvalue weighted by atomic mass is 16.3. The van der Waals surface area contributed by atoms with Crippen molar-refractivity contribution in [3.63, 3.8) is 0 Å². The van der Waals surface area contributed by atoms with E-state index in [0.717, 1.165) is 11.3 Å². The van der Waals surface area contributed by atoms with Crippen molar-refractivity contribution in [3.05, 3.63) is 62.9 Å². The average Bonchev–Trinajstić information content (AvgIpc) is 3.01. The number of benzene rings is 1. The molecule has 0 atom stereocenters. The van der Waals surface area contributed by atoms with E-state index in [0.29, 0.717) is 5.69 Å². The third-order valence-electron chi connectivity index (χ3n) is 3.10. The van der Waals surface area contributed by atoms with Gasteiger partial charge in [-0.3, -0.25) is 24.7 Å². The van der Waals surface area contributed by atoms with Gasteiger partial charge in [0.15, 0.2) is 5.56 Å². The van der Waals surface area contributed by atoms with Gasteiger partial charge in [-0.15, -0.1) is 0 Å². The first-order valence-electron chi connectivity index (χ1n) is 6.51. The fourth-order valence-electron chi connectivity index (χ4n) is 2.03. The van der Waals surface area contributed by atoms with Gasteiger partial charge in [-0.2, -0.15) is 5.10 Å². The highest BCUT2D eigenvalue weighted by Crippen LogP contribution is 2.19. The minimum Gasteiger partial charge on any atom is -0.494 e. The lowest BCUT2D eigenvalue weighted by Crippen LogP contribution is -2.30. The molecule has 23 heavy (non-hydrogen) atoms. The summed E-state index contributed by atoms with van der Waals surface area (Å²) < 4.78 is 0. The second-order valence-corrected chi connectivity index (χ2v) is 4.63. The molecule has 3 rings (SSSR count). The van der Waals surface area contributed by atoms with Gasteiger partial charge >= 0.3 is 5.69 Å². The Labute approximate surface area is 128 Å². The van der Waals surface area contributed by atoms with E-state index in [9.17, 15) is 19.5 Å². The number of aromatic hydroxyl groups is 1. The molecule has 0 fully saturated rings. The van der Waals surface area contributed by atoms with Crippen LogP contribution in [0.2, 0.25) is 0 Å². The third-order valence-corrected chi connectivity index (χ3v) is 3.10. The van der Waals surface area contributed by atoms with E-state index in [1.54, 1.807) is 36.5 Å². The molecule has 116 valence electrons. The number of rotatable bonds is 3. The first-order valence-corrected chi connectivity index (χ1v) is 6.51. The molecule has 0 spiro atoms. The zero-order valence-corrected chi connectivity index (χ0v) is 11.6. The molecule has 9 heteroatoms. The molecule has 5 N–H and O–H groups in total. The van der Waals surface area contributed by atoms with Gasteiger partial charge in [-0.05, 0) is 23.8 Å². The second-order valence-electron chi connectivity index (χ2n) is 4.63. The summed E-state index contributed by atoms with van der Waals surface area (Å²) in [5, 5.41) is 18.7. The Morgan fingerprint density at radius 1 is 1.09 bits per heavy atom. The molecule has 0 aliphatic rings. The lowest BCUT2D eigenvalue weighted by molar-refractivity contribution is 0.102. The van der Waals surface area contributed by atoms with Crippen LogP contribution in [0.5, 0.6) is 5.88 Å². The predicted molar refractivity (Wildman–Crippen MR) is 81.3 cm³/mol. The molecule has 3 aromatic rings. The summed E-state index contributed by atoms with van der Waals surface area (Å²) in [5.41, 5.74) is -0.334. The Morgan fingerprint density at radius 3 is 2.43 bits per heavy atom. The smallest absolute Gasteiger partial charge is 0.328 e. The predicted octanol–water partition coefficient (Wildman–Crippen LogP) is 0.411. The standard InChI is InChI=1S/C14H11N5O4/c20-11(10-12(21)17-14(23)18-13(10)22)16-8-3-1-7(2-4-8)9-5-6-15-19-9/h1-6H,(H,15,19)(H,16,20)(H3,17,18,21,22,23). The van der Waals surface area contributed by atoms with Crippen LogP contribution in [0.25, 0.3) is 11.3 Å². The Morgan fingerprint density at radius 2 is 1.83 bits per heavy atom. The van der Waals surface area contributed by atoms with Gasteiger partial charge in [0.2, 0.25) is 5.88 Å². The number of carbonyl (C=O) groups is 1. The molecular weight excluding hydrogens is 302 g/mol. The molecular formula is C14H11N5O4. The summed E-state index contributed by atoms with van der Waals surface area (Å²) in [6.45, 7) is 0. The van der Waals surface area contributed by atoms with Crippen LogP contribution in [-0.2, 0) is 0 Å². The molecule has 0 unspecified atom stereocenters. The van der Waals surface area contributed by atoms with E-state index in [1.807, 2.05) is 9.97 Å². The van der Waals surface area contributed by atoms with Crippen molar-refractivity contribution >= 4 is 11.6 Å². The maximum Gasteiger partial charge on any atom is 0.328 e. The quantitative estimate of drug-likeness (QED) is 0.476. The van der Waals surface area contributed by atoms with E-state index in [1.165, 1.54) is 0 Å². The number of hydrogen-bond acceptors (Lipinski definition) is 5.